The van der Waals surface area contributed by atoms with Crippen molar-refractivity contribution in [3.8, 4) is 11.3 Å². The minimum Gasteiger partial charge on any atom is -0.301 e. The van der Waals surface area contributed by atoms with E-state index in [1.54, 1.807) is 0 Å². The van der Waals surface area contributed by atoms with Gasteiger partial charge >= 0.3 is 0 Å². The van der Waals surface area contributed by atoms with Gasteiger partial charge in [-0.15, -0.1) is 11.3 Å². The normalized spacial score (nSPS) is 13.0. The van der Waals surface area contributed by atoms with Crippen LogP contribution in [0.5, 0.6) is 0 Å². The summed E-state index contributed by atoms with van der Waals surface area (Å²) in [4.78, 5) is 18.6. The van der Waals surface area contributed by atoms with Crippen molar-refractivity contribution in [2.75, 3.05) is 30.4 Å². The molecule has 0 spiro atoms. The van der Waals surface area contributed by atoms with Crippen molar-refractivity contribution in [2.45, 2.75) is 26.8 Å². The van der Waals surface area contributed by atoms with Gasteiger partial charge in [-0.25, -0.2) is 13.4 Å². The topological polar surface area (TPSA) is 79.4 Å². The first-order valence-corrected chi connectivity index (χ1v) is 11.4. The number of hydrogen-bond donors (Lipinski definition) is 1. The van der Waals surface area contributed by atoms with E-state index in [4.69, 9.17) is 0 Å². The number of likely N-dealkylation sites (N-methyl/N-ethyl adjacent to an activating group) is 1. The van der Waals surface area contributed by atoms with E-state index in [0.29, 0.717) is 11.7 Å². The predicted molar refractivity (Wildman–Crippen MR) is 107 cm³/mol. The first-order chi connectivity index (χ1) is 12.2. The molecule has 0 saturated carbocycles. The van der Waals surface area contributed by atoms with E-state index in [1.165, 1.54) is 23.2 Å². The minimum absolute atomic E-state index is 0.0307. The number of amides is 1. The second kappa shape index (κ2) is 8.75. The van der Waals surface area contributed by atoms with Gasteiger partial charge in [-0.3, -0.25) is 9.69 Å². The fraction of sp³-hybridized carbons (Fsp3) is 0.444. The summed E-state index contributed by atoms with van der Waals surface area (Å²) >= 11 is 1.37. The second-order valence-corrected chi connectivity index (χ2v) is 9.50. The van der Waals surface area contributed by atoms with Gasteiger partial charge in [0.05, 0.1) is 18.0 Å². The molecule has 0 fully saturated rings. The molecular weight excluding hydrogens is 370 g/mol. The molecule has 1 aromatic heterocycles. The number of hydrogen-bond acceptors (Lipinski definition) is 6. The molecule has 26 heavy (non-hydrogen) atoms. The Hall–Kier alpha value is -1.77. The molecule has 1 amide bonds. The third-order valence-corrected chi connectivity index (χ3v) is 5.86. The summed E-state index contributed by atoms with van der Waals surface area (Å²) in [5.74, 6) is -0.167. The van der Waals surface area contributed by atoms with E-state index in [1.807, 2.05) is 55.3 Å². The first-order valence-electron chi connectivity index (χ1n) is 8.42. The molecule has 1 atom stereocenters. The monoisotopic (exact) mass is 395 g/mol. The Morgan fingerprint density at radius 3 is 2.54 bits per heavy atom. The van der Waals surface area contributed by atoms with Crippen molar-refractivity contribution in [1.82, 2.24) is 9.88 Å². The standard InChI is InChI=1S/C18H25N3O3S2/c1-5-21(14(3)12-26(4,23)24)10-17(22)20-18-19-16(11-25-18)15-8-6-13(2)7-9-15/h6-9,11,14H,5,10,12H2,1-4H3,(H,19,20,22). The molecule has 0 aliphatic carbocycles. The fourth-order valence-electron chi connectivity index (χ4n) is 2.65. The number of carbonyl (C=O) groups excluding carboxylic acids is 1. The number of aromatic nitrogens is 1. The maximum absolute atomic E-state index is 12.3. The molecule has 8 heteroatoms. The van der Waals surface area contributed by atoms with Gasteiger partial charge in [-0.2, -0.15) is 0 Å². The molecule has 6 nitrogen and oxygen atoms in total. The van der Waals surface area contributed by atoms with E-state index in [9.17, 15) is 13.2 Å². The van der Waals surface area contributed by atoms with Gasteiger partial charge < -0.3 is 5.32 Å². The summed E-state index contributed by atoms with van der Waals surface area (Å²) in [7, 11) is -3.09. The molecule has 1 heterocycles. The quantitative estimate of drug-likeness (QED) is 0.743. The highest BCUT2D eigenvalue weighted by Crippen LogP contribution is 2.25. The summed E-state index contributed by atoms with van der Waals surface area (Å²) in [6.07, 6.45) is 1.21. The van der Waals surface area contributed by atoms with Crippen LogP contribution in [0.25, 0.3) is 11.3 Å². The lowest BCUT2D eigenvalue weighted by molar-refractivity contribution is -0.117. The van der Waals surface area contributed by atoms with Gasteiger partial charge in [0.15, 0.2) is 5.13 Å². The molecule has 0 saturated heterocycles. The SMILES string of the molecule is CCN(CC(=O)Nc1nc(-c2ccc(C)cc2)cs1)C(C)CS(C)(=O)=O. The number of benzene rings is 1. The lowest BCUT2D eigenvalue weighted by Gasteiger charge is -2.26. The second-order valence-electron chi connectivity index (χ2n) is 6.46. The summed E-state index contributed by atoms with van der Waals surface area (Å²) in [5.41, 5.74) is 3.01. The van der Waals surface area contributed by atoms with Crippen LogP contribution in [0.1, 0.15) is 19.4 Å². The maximum Gasteiger partial charge on any atom is 0.240 e. The number of sulfone groups is 1. The molecular formula is C18H25N3O3S2. The van der Waals surface area contributed by atoms with E-state index in [2.05, 4.69) is 10.3 Å². The van der Waals surface area contributed by atoms with Crippen molar-refractivity contribution < 1.29 is 13.2 Å². The predicted octanol–water partition coefficient (Wildman–Crippen LogP) is 2.81. The number of anilines is 1. The summed E-state index contributed by atoms with van der Waals surface area (Å²) in [6, 6.07) is 7.83. The van der Waals surface area contributed by atoms with Crippen LogP contribution in [-0.2, 0) is 14.6 Å². The Morgan fingerprint density at radius 1 is 1.31 bits per heavy atom. The molecule has 2 aromatic rings. The van der Waals surface area contributed by atoms with Gasteiger partial charge in [0, 0.05) is 23.2 Å². The van der Waals surface area contributed by atoms with Crippen molar-refractivity contribution in [2.24, 2.45) is 0 Å². The summed E-state index contributed by atoms with van der Waals surface area (Å²) < 4.78 is 22.9. The van der Waals surface area contributed by atoms with Gasteiger partial charge in [0.25, 0.3) is 0 Å². The molecule has 1 aromatic carbocycles. The molecule has 1 unspecified atom stereocenters. The van der Waals surface area contributed by atoms with Gasteiger partial charge in [-0.05, 0) is 20.4 Å². The van der Waals surface area contributed by atoms with Crippen molar-refractivity contribution >= 4 is 32.2 Å². The van der Waals surface area contributed by atoms with Gasteiger partial charge in [0.2, 0.25) is 5.91 Å². The molecule has 0 aliphatic rings. The zero-order valence-corrected chi connectivity index (χ0v) is 17.2. The molecule has 0 radical (unpaired) electrons. The molecule has 1 N–H and O–H groups in total. The lowest BCUT2D eigenvalue weighted by Crippen LogP contribution is -2.42. The van der Waals surface area contributed by atoms with Crippen LogP contribution in [-0.4, -0.2) is 55.3 Å². The van der Waals surface area contributed by atoms with E-state index in [-0.39, 0.29) is 24.2 Å². The van der Waals surface area contributed by atoms with Crippen molar-refractivity contribution in [3.63, 3.8) is 0 Å². The fourth-order valence-corrected chi connectivity index (χ4v) is 4.48. The van der Waals surface area contributed by atoms with E-state index < -0.39 is 9.84 Å². The Balaban J connectivity index is 1.98. The van der Waals surface area contributed by atoms with Crippen LogP contribution in [0.3, 0.4) is 0 Å². The highest BCUT2D eigenvalue weighted by molar-refractivity contribution is 7.90. The van der Waals surface area contributed by atoms with Crippen LogP contribution in [0.15, 0.2) is 29.6 Å². The number of nitrogens with zero attached hydrogens (tertiary/aromatic N) is 2. The largest absolute Gasteiger partial charge is 0.301 e. The number of carbonyl (C=O) groups is 1. The Bertz CT molecular complexity index is 845. The van der Waals surface area contributed by atoms with Crippen LogP contribution in [0, 0.1) is 6.92 Å². The third-order valence-electron chi connectivity index (χ3n) is 4.02. The zero-order valence-electron chi connectivity index (χ0n) is 15.5. The molecule has 142 valence electrons. The molecule has 0 aliphatic heterocycles. The Labute approximate surface area is 159 Å². The number of aryl methyl sites for hydroxylation is 1. The number of thiazole rings is 1. The average molecular weight is 396 g/mol. The smallest absolute Gasteiger partial charge is 0.240 e. The Kier molecular flexibility index (Phi) is 6.91. The van der Waals surface area contributed by atoms with Crippen LogP contribution in [0.4, 0.5) is 5.13 Å². The third kappa shape index (κ3) is 6.19. The van der Waals surface area contributed by atoms with Crippen molar-refractivity contribution in [1.29, 1.82) is 0 Å². The van der Waals surface area contributed by atoms with Crippen molar-refractivity contribution in [3.05, 3.63) is 35.2 Å². The molecule has 2 rings (SSSR count). The van der Waals surface area contributed by atoms with Crippen LogP contribution >= 0.6 is 11.3 Å². The Morgan fingerprint density at radius 2 is 1.96 bits per heavy atom. The summed E-state index contributed by atoms with van der Waals surface area (Å²) in [5, 5.41) is 5.25. The van der Waals surface area contributed by atoms with E-state index in [0.717, 1.165) is 11.3 Å². The van der Waals surface area contributed by atoms with Gasteiger partial charge in [-0.1, -0.05) is 36.8 Å². The summed E-state index contributed by atoms with van der Waals surface area (Å²) in [6.45, 7) is 6.48. The number of rotatable bonds is 8. The highest BCUT2D eigenvalue weighted by Gasteiger charge is 2.20. The lowest BCUT2D eigenvalue weighted by atomic mass is 10.1. The van der Waals surface area contributed by atoms with Crippen LogP contribution < -0.4 is 5.32 Å². The molecule has 0 bridgehead atoms. The average Bonchev–Trinajstić information content (AvgIpc) is 3.00. The van der Waals surface area contributed by atoms with Crippen LogP contribution in [0.2, 0.25) is 0 Å². The first kappa shape index (κ1) is 20.5. The maximum atomic E-state index is 12.3. The van der Waals surface area contributed by atoms with Gasteiger partial charge in [0.1, 0.15) is 9.84 Å². The number of nitrogens with one attached hydrogen (secondary N) is 1. The zero-order chi connectivity index (χ0) is 19.3. The minimum atomic E-state index is -3.09. The van der Waals surface area contributed by atoms with E-state index >= 15 is 0 Å². The highest BCUT2D eigenvalue weighted by atomic mass is 32.2.